The average molecular weight is 353 g/mol. The summed E-state index contributed by atoms with van der Waals surface area (Å²) in [5.74, 6) is 0.433. The van der Waals surface area contributed by atoms with Crippen LogP contribution in [0.25, 0.3) is 0 Å². The predicted molar refractivity (Wildman–Crippen MR) is 98.4 cm³/mol. The summed E-state index contributed by atoms with van der Waals surface area (Å²) in [6, 6.07) is 16.3. The number of benzene rings is 2. The van der Waals surface area contributed by atoms with Crippen molar-refractivity contribution in [1.82, 2.24) is 16.0 Å². The minimum atomic E-state index is -0.574. The molecule has 1 fully saturated rings. The number of hydrogen-bond donors (Lipinski definition) is 3. The van der Waals surface area contributed by atoms with Crippen LogP contribution in [-0.4, -0.2) is 25.0 Å². The second-order valence-electron chi connectivity index (χ2n) is 6.34. The van der Waals surface area contributed by atoms with Crippen molar-refractivity contribution in [1.29, 1.82) is 0 Å². The minimum Gasteiger partial charge on any atom is -0.497 e. The molecule has 1 saturated heterocycles. The highest BCUT2D eigenvalue weighted by atomic mass is 16.5. The molecule has 6 nitrogen and oxygen atoms in total. The van der Waals surface area contributed by atoms with Crippen molar-refractivity contribution >= 4 is 11.8 Å². The fraction of sp³-hybridized carbons (Fsp3) is 0.300. The third-order valence-electron chi connectivity index (χ3n) is 4.49. The van der Waals surface area contributed by atoms with E-state index < -0.39 is 6.04 Å². The van der Waals surface area contributed by atoms with Gasteiger partial charge in [-0.3, -0.25) is 14.9 Å². The van der Waals surface area contributed by atoms with Crippen LogP contribution in [0, 0.1) is 0 Å². The van der Waals surface area contributed by atoms with Gasteiger partial charge in [-0.05, 0) is 30.2 Å². The zero-order chi connectivity index (χ0) is 18.5. The molecular formula is C20H23N3O3. The van der Waals surface area contributed by atoms with E-state index >= 15 is 0 Å². The maximum absolute atomic E-state index is 12.6. The molecule has 1 heterocycles. The quantitative estimate of drug-likeness (QED) is 0.769. The molecule has 0 saturated carbocycles. The van der Waals surface area contributed by atoms with Gasteiger partial charge < -0.3 is 15.4 Å². The second kappa shape index (κ2) is 8.01. The fourth-order valence-corrected chi connectivity index (χ4v) is 2.99. The number of carbonyl (C=O) groups is 2. The molecule has 0 aliphatic carbocycles. The molecule has 0 spiro atoms. The Kier molecular flexibility index (Phi) is 5.53. The molecular weight excluding hydrogens is 330 g/mol. The van der Waals surface area contributed by atoms with Gasteiger partial charge in [0, 0.05) is 0 Å². The summed E-state index contributed by atoms with van der Waals surface area (Å²) in [5, 5.41) is 9.06. The summed E-state index contributed by atoms with van der Waals surface area (Å²) >= 11 is 0. The number of carbonyl (C=O) groups excluding carboxylic acids is 2. The Bertz CT molecular complexity index is 762. The summed E-state index contributed by atoms with van der Waals surface area (Å²) in [4.78, 5) is 24.7. The molecule has 0 aromatic heterocycles. The van der Waals surface area contributed by atoms with Crippen LogP contribution in [0.15, 0.2) is 54.6 Å². The van der Waals surface area contributed by atoms with E-state index in [1.54, 1.807) is 7.11 Å². The molecule has 1 aliphatic rings. The lowest BCUT2D eigenvalue weighted by Gasteiger charge is -2.31. The summed E-state index contributed by atoms with van der Waals surface area (Å²) in [6.45, 7) is 1.91. The maximum Gasteiger partial charge on any atom is 0.238 e. The Hall–Kier alpha value is -2.86. The van der Waals surface area contributed by atoms with Crippen LogP contribution in [0.1, 0.15) is 36.7 Å². The lowest BCUT2D eigenvalue weighted by Crippen LogP contribution is -2.56. The number of rotatable bonds is 5. The highest BCUT2D eigenvalue weighted by molar-refractivity contribution is 5.89. The van der Waals surface area contributed by atoms with Crippen molar-refractivity contribution in [2.75, 3.05) is 7.11 Å². The summed E-state index contributed by atoms with van der Waals surface area (Å²) in [7, 11) is 1.61. The highest BCUT2D eigenvalue weighted by Gasteiger charge is 2.31. The Morgan fingerprint density at radius 1 is 1.15 bits per heavy atom. The average Bonchev–Trinajstić information content (AvgIpc) is 2.68. The predicted octanol–water partition coefficient (Wildman–Crippen LogP) is 2.05. The molecule has 26 heavy (non-hydrogen) atoms. The zero-order valence-electron chi connectivity index (χ0n) is 14.9. The molecule has 3 N–H and O–H groups in total. The first kappa shape index (κ1) is 17.9. The van der Waals surface area contributed by atoms with E-state index in [1.807, 2.05) is 61.5 Å². The van der Waals surface area contributed by atoms with Crippen molar-refractivity contribution in [2.45, 2.75) is 31.6 Å². The molecule has 3 rings (SSSR count). The molecule has 2 unspecified atom stereocenters. The fourth-order valence-electron chi connectivity index (χ4n) is 2.99. The van der Waals surface area contributed by atoms with Gasteiger partial charge in [-0.2, -0.15) is 0 Å². The first-order valence-corrected chi connectivity index (χ1v) is 8.61. The number of ether oxygens (including phenoxy) is 1. The molecule has 1 aliphatic heterocycles. The van der Waals surface area contributed by atoms with Gasteiger partial charge in [0.25, 0.3) is 0 Å². The van der Waals surface area contributed by atoms with Crippen LogP contribution >= 0.6 is 0 Å². The van der Waals surface area contributed by atoms with Gasteiger partial charge >= 0.3 is 0 Å². The third-order valence-corrected chi connectivity index (χ3v) is 4.49. The molecule has 136 valence electrons. The van der Waals surface area contributed by atoms with Gasteiger partial charge in [-0.15, -0.1) is 0 Å². The van der Waals surface area contributed by atoms with E-state index in [-0.39, 0.29) is 30.4 Å². The van der Waals surface area contributed by atoms with Crippen molar-refractivity contribution in [3.8, 4) is 5.75 Å². The van der Waals surface area contributed by atoms with Crippen LogP contribution in [-0.2, 0) is 9.59 Å². The van der Waals surface area contributed by atoms with Crippen LogP contribution < -0.4 is 20.7 Å². The van der Waals surface area contributed by atoms with Gasteiger partial charge in [0.15, 0.2) is 0 Å². The Balaban J connectivity index is 1.65. The number of hydrogen-bond acceptors (Lipinski definition) is 4. The topological polar surface area (TPSA) is 79.5 Å². The lowest BCUT2D eigenvalue weighted by atomic mass is 10.0. The van der Waals surface area contributed by atoms with Crippen molar-refractivity contribution in [3.05, 3.63) is 65.7 Å². The van der Waals surface area contributed by atoms with E-state index in [2.05, 4.69) is 16.0 Å². The molecule has 3 atom stereocenters. The van der Waals surface area contributed by atoms with Crippen molar-refractivity contribution in [2.24, 2.45) is 0 Å². The molecule has 2 aromatic rings. The first-order valence-electron chi connectivity index (χ1n) is 8.61. The first-order chi connectivity index (χ1) is 12.6. The summed E-state index contributed by atoms with van der Waals surface area (Å²) < 4.78 is 5.15. The van der Waals surface area contributed by atoms with E-state index in [4.69, 9.17) is 4.74 Å². The second-order valence-corrected chi connectivity index (χ2v) is 6.34. The van der Waals surface area contributed by atoms with Crippen LogP contribution in [0.3, 0.4) is 0 Å². The number of nitrogens with one attached hydrogen (secondary N) is 3. The van der Waals surface area contributed by atoms with Crippen LogP contribution in [0.5, 0.6) is 5.75 Å². The molecule has 6 heteroatoms. The lowest BCUT2D eigenvalue weighted by molar-refractivity contribution is -0.132. The SMILES string of the molecule is COc1ccc([C@H](C)NC(=O)C2CC(=O)NC(c3ccccc3)N2)cc1. The Morgan fingerprint density at radius 3 is 2.50 bits per heavy atom. The number of amides is 2. The number of methoxy groups -OCH3 is 1. The molecule has 0 bridgehead atoms. The van der Waals surface area contributed by atoms with Crippen LogP contribution in [0.2, 0.25) is 0 Å². The third kappa shape index (κ3) is 4.21. The standard InChI is InChI=1S/C20H23N3O3/c1-13(14-8-10-16(26-2)11-9-14)21-20(25)17-12-18(24)23-19(22-17)15-6-4-3-5-7-15/h3-11,13,17,19,22H,12H2,1-2H3,(H,21,25)(H,23,24)/t13-,17?,19?/m0/s1. The van der Waals surface area contributed by atoms with Gasteiger partial charge in [0.2, 0.25) is 11.8 Å². The van der Waals surface area contributed by atoms with Crippen LogP contribution in [0.4, 0.5) is 0 Å². The largest absolute Gasteiger partial charge is 0.497 e. The summed E-state index contributed by atoms with van der Waals surface area (Å²) in [6.07, 6.45) is -0.255. The normalized spacial score (nSPS) is 20.8. The molecule has 2 amide bonds. The monoisotopic (exact) mass is 353 g/mol. The van der Waals surface area contributed by atoms with Gasteiger partial charge in [-0.25, -0.2) is 0 Å². The zero-order valence-corrected chi connectivity index (χ0v) is 14.9. The van der Waals surface area contributed by atoms with Gasteiger partial charge in [0.05, 0.1) is 25.6 Å². The molecule has 2 aromatic carbocycles. The van der Waals surface area contributed by atoms with E-state index in [1.165, 1.54) is 0 Å². The Morgan fingerprint density at radius 2 is 1.85 bits per heavy atom. The minimum absolute atomic E-state index is 0.116. The molecule has 0 radical (unpaired) electrons. The van der Waals surface area contributed by atoms with E-state index in [0.29, 0.717) is 0 Å². The Labute approximate surface area is 152 Å². The maximum atomic E-state index is 12.6. The van der Waals surface area contributed by atoms with Gasteiger partial charge in [0.1, 0.15) is 11.9 Å². The highest BCUT2D eigenvalue weighted by Crippen LogP contribution is 2.19. The van der Waals surface area contributed by atoms with Crippen molar-refractivity contribution in [3.63, 3.8) is 0 Å². The van der Waals surface area contributed by atoms with E-state index in [9.17, 15) is 9.59 Å². The van der Waals surface area contributed by atoms with Gasteiger partial charge in [-0.1, -0.05) is 42.5 Å². The van der Waals surface area contributed by atoms with Crippen molar-refractivity contribution < 1.29 is 14.3 Å². The summed E-state index contributed by atoms with van der Waals surface area (Å²) in [5.41, 5.74) is 1.89. The smallest absolute Gasteiger partial charge is 0.238 e. The van der Waals surface area contributed by atoms with E-state index in [0.717, 1.165) is 16.9 Å².